The smallest absolute Gasteiger partial charge is 0.406 e. The zero-order valence-corrected chi connectivity index (χ0v) is 12.8. The molecule has 0 bridgehead atoms. The second kappa shape index (κ2) is 6.55. The quantitative estimate of drug-likeness (QED) is 0.487. The summed E-state index contributed by atoms with van der Waals surface area (Å²) >= 11 is 0. The first kappa shape index (κ1) is 18.4. The average molecular weight is 380 g/mol. The van der Waals surface area contributed by atoms with Gasteiger partial charge in [-0.25, -0.2) is 8.42 Å². The van der Waals surface area contributed by atoms with E-state index in [-0.39, 0.29) is 5.69 Å². The molecule has 0 unspecified atom stereocenters. The second-order valence-corrected chi connectivity index (χ2v) is 6.23. The molecule has 12 heteroatoms. The molecular formula is C13H8F4N2O5S. The summed E-state index contributed by atoms with van der Waals surface area (Å²) in [6, 6.07) is 5.61. The Balaban J connectivity index is 2.25. The van der Waals surface area contributed by atoms with Gasteiger partial charge < -0.3 is 4.74 Å². The van der Waals surface area contributed by atoms with Crippen LogP contribution in [-0.2, 0) is 10.0 Å². The number of nitro benzene ring substituents is 1. The van der Waals surface area contributed by atoms with E-state index in [0.717, 1.165) is 30.3 Å². The largest absolute Gasteiger partial charge is 0.573 e. The number of ether oxygens (including phenoxy) is 1. The van der Waals surface area contributed by atoms with Crippen LogP contribution in [0.3, 0.4) is 0 Å². The van der Waals surface area contributed by atoms with E-state index in [2.05, 4.69) is 4.74 Å². The Labute approximate surface area is 138 Å². The Kier molecular flexibility index (Phi) is 4.83. The van der Waals surface area contributed by atoms with Crippen molar-refractivity contribution in [3.8, 4) is 5.75 Å². The van der Waals surface area contributed by atoms with E-state index in [1.165, 1.54) is 0 Å². The molecule has 134 valence electrons. The molecule has 7 nitrogen and oxygen atoms in total. The van der Waals surface area contributed by atoms with Crippen molar-refractivity contribution in [3.63, 3.8) is 0 Å². The molecule has 0 aliphatic heterocycles. The van der Waals surface area contributed by atoms with Crippen molar-refractivity contribution in [2.75, 3.05) is 4.72 Å². The molecule has 0 saturated carbocycles. The molecule has 0 heterocycles. The first-order valence-electron chi connectivity index (χ1n) is 6.30. The Morgan fingerprint density at radius 3 is 2.20 bits per heavy atom. The third kappa shape index (κ3) is 4.79. The van der Waals surface area contributed by atoms with Gasteiger partial charge in [0.05, 0.1) is 15.5 Å². The summed E-state index contributed by atoms with van der Waals surface area (Å²) in [7, 11) is -4.26. The Hall–Kier alpha value is -2.89. The number of nitro groups is 1. The minimum atomic E-state index is -4.92. The number of hydrogen-bond donors (Lipinski definition) is 1. The SMILES string of the molecule is O=[N+]([O-])c1cc(NS(=O)(=O)c2ccc(OC(F)(F)F)cc2)ccc1F. The predicted molar refractivity (Wildman–Crippen MR) is 77.0 cm³/mol. The lowest BCUT2D eigenvalue weighted by atomic mass is 10.3. The summed E-state index contributed by atoms with van der Waals surface area (Å²) in [5.74, 6) is -1.77. The first-order valence-corrected chi connectivity index (χ1v) is 7.79. The van der Waals surface area contributed by atoms with Crippen LogP contribution in [0.25, 0.3) is 0 Å². The number of rotatable bonds is 5. The molecule has 0 spiro atoms. The highest BCUT2D eigenvalue weighted by atomic mass is 32.2. The zero-order valence-electron chi connectivity index (χ0n) is 12.0. The molecule has 0 radical (unpaired) electrons. The molecule has 25 heavy (non-hydrogen) atoms. The summed E-state index contributed by atoms with van der Waals surface area (Å²) in [6.45, 7) is 0. The van der Waals surface area contributed by atoms with Gasteiger partial charge in [0, 0.05) is 6.07 Å². The van der Waals surface area contributed by atoms with Crippen LogP contribution in [0.4, 0.5) is 28.9 Å². The van der Waals surface area contributed by atoms with Gasteiger partial charge in [0.2, 0.25) is 5.82 Å². The van der Waals surface area contributed by atoms with Gasteiger partial charge in [0.25, 0.3) is 10.0 Å². The number of alkyl halides is 3. The predicted octanol–water partition coefficient (Wildman–Crippen LogP) is 3.43. The fourth-order valence-electron chi connectivity index (χ4n) is 1.75. The molecule has 0 aromatic heterocycles. The van der Waals surface area contributed by atoms with Gasteiger partial charge in [-0.2, -0.15) is 4.39 Å². The number of hydrogen-bond acceptors (Lipinski definition) is 5. The third-order valence-electron chi connectivity index (χ3n) is 2.76. The van der Waals surface area contributed by atoms with Crippen molar-refractivity contribution in [2.24, 2.45) is 0 Å². The minimum absolute atomic E-state index is 0.288. The highest BCUT2D eigenvalue weighted by Crippen LogP contribution is 2.26. The molecule has 0 fully saturated rings. The summed E-state index contributed by atoms with van der Waals surface area (Å²) in [5.41, 5.74) is -1.22. The molecule has 0 amide bonds. The number of benzene rings is 2. The average Bonchev–Trinajstić information content (AvgIpc) is 2.47. The van der Waals surface area contributed by atoms with Crippen LogP contribution in [0, 0.1) is 15.9 Å². The van der Waals surface area contributed by atoms with E-state index >= 15 is 0 Å². The molecule has 2 rings (SSSR count). The van der Waals surface area contributed by atoms with Gasteiger partial charge in [0.15, 0.2) is 0 Å². The van der Waals surface area contributed by atoms with E-state index < -0.39 is 43.5 Å². The van der Waals surface area contributed by atoms with E-state index in [1.54, 1.807) is 0 Å². The summed E-state index contributed by atoms with van der Waals surface area (Å²) in [5, 5.41) is 10.6. The number of halogens is 4. The molecule has 0 aliphatic rings. The van der Waals surface area contributed by atoms with Gasteiger partial charge in [-0.3, -0.25) is 14.8 Å². The summed E-state index contributed by atoms with van der Waals surface area (Å²) < 4.78 is 79.2. The zero-order chi connectivity index (χ0) is 18.8. The van der Waals surface area contributed by atoms with Crippen LogP contribution < -0.4 is 9.46 Å². The second-order valence-electron chi connectivity index (χ2n) is 4.55. The molecule has 0 saturated heterocycles. The number of nitrogens with zero attached hydrogens (tertiary/aromatic N) is 1. The van der Waals surface area contributed by atoms with Crippen LogP contribution >= 0.6 is 0 Å². The van der Waals surface area contributed by atoms with Crippen LogP contribution in [0.2, 0.25) is 0 Å². The third-order valence-corrected chi connectivity index (χ3v) is 4.16. The van der Waals surface area contributed by atoms with Crippen molar-refractivity contribution in [1.29, 1.82) is 0 Å². The van der Waals surface area contributed by atoms with E-state index in [4.69, 9.17) is 0 Å². The topological polar surface area (TPSA) is 98.5 Å². The normalized spacial score (nSPS) is 11.8. The van der Waals surface area contributed by atoms with Crippen LogP contribution in [0.1, 0.15) is 0 Å². The number of nitrogens with one attached hydrogen (secondary N) is 1. The fourth-order valence-corrected chi connectivity index (χ4v) is 2.80. The lowest BCUT2D eigenvalue weighted by Gasteiger charge is -2.11. The van der Waals surface area contributed by atoms with Crippen molar-refractivity contribution in [3.05, 3.63) is 58.4 Å². The highest BCUT2D eigenvalue weighted by molar-refractivity contribution is 7.92. The van der Waals surface area contributed by atoms with E-state index in [0.29, 0.717) is 12.1 Å². The van der Waals surface area contributed by atoms with Crippen molar-refractivity contribution in [2.45, 2.75) is 11.3 Å². The van der Waals surface area contributed by atoms with E-state index in [1.807, 2.05) is 4.72 Å². The molecule has 0 aliphatic carbocycles. The standard InChI is InChI=1S/C13H8F4N2O5S/c14-11-6-1-8(7-12(11)19(20)21)18-25(22,23)10-4-2-9(3-5-10)24-13(15,16)17/h1-7,18H. The van der Waals surface area contributed by atoms with Crippen LogP contribution in [-0.4, -0.2) is 19.7 Å². The van der Waals surface area contributed by atoms with Crippen LogP contribution in [0.5, 0.6) is 5.75 Å². The highest BCUT2D eigenvalue weighted by Gasteiger charge is 2.31. The first-order chi connectivity index (χ1) is 11.5. The fraction of sp³-hybridized carbons (Fsp3) is 0.0769. The minimum Gasteiger partial charge on any atom is -0.406 e. The van der Waals surface area contributed by atoms with Gasteiger partial charge in [-0.1, -0.05) is 0 Å². The lowest BCUT2D eigenvalue weighted by Crippen LogP contribution is -2.17. The Morgan fingerprint density at radius 2 is 1.68 bits per heavy atom. The lowest BCUT2D eigenvalue weighted by molar-refractivity contribution is -0.387. The van der Waals surface area contributed by atoms with Gasteiger partial charge in [0.1, 0.15) is 5.75 Å². The number of anilines is 1. The van der Waals surface area contributed by atoms with Crippen molar-refractivity contribution in [1.82, 2.24) is 0 Å². The Bertz CT molecular complexity index is 898. The van der Waals surface area contributed by atoms with Crippen molar-refractivity contribution < 1.29 is 35.6 Å². The molecule has 2 aromatic rings. The summed E-state index contributed by atoms with van der Waals surface area (Å²) in [6.07, 6.45) is -4.92. The maximum absolute atomic E-state index is 13.2. The monoisotopic (exact) mass is 380 g/mol. The summed E-state index contributed by atoms with van der Waals surface area (Å²) in [4.78, 5) is 9.19. The maximum atomic E-state index is 13.2. The van der Waals surface area contributed by atoms with Crippen LogP contribution in [0.15, 0.2) is 47.4 Å². The Morgan fingerprint density at radius 1 is 1.08 bits per heavy atom. The molecular weight excluding hydrogens is 372 g/mol. The molecule has 0 atom stereocenters. The van der Waals surface area contributed by atoms with Crippen molar-refractivity contribution >= 4 is 21.4 Å². The molecule has 1 N–H and O–H groups in total. The van der Waals surface area contributed by atoms with Gasteiger partial charge in [-0.05, 0) is 36.4 Å². The number of sulfonamides is 1. The van der Waals surface area contributed by atoms with Gasteiger partial charge in [-0.15, -0.1) is 13.2 Å². The molecule has 2 aromatic carbocycles. The van der Waals surface area contributed by atoms with E-state index in [9.17, 15) is 36.1 Å². The van der Waals surface area contributed by atoms with Gasteiger partial charge >= 0.3 is 12.0 Å². The maximum Gasteiger partial charge on any atom is 0.573 e.